The van der Waals surface area contributed by atoms with Crippen molar-refractivity contribution in [2.75, 3.05) is 13.2 Å². The zero-order chi connectivity index (χ0) is 52.2. The molecular weight excluding hydrogens is 889 g/mol. The second kappa shape index (κ2) is 60.9. The van der Waals surface area contributed by atoms with Crippen LogP contribution in [0, 0.1) is 0 Å². The van der Waals surface area contributed by atoms with E-state index in [0.717, 1.165) is 96.3 Å². The molecule has 0 saturated heterocycles. The maximum Gasteiger partial charge on any atom is 0.306 e. The van der Waals surface area contributed by atoms with Gasteiger partial charge in [0, 0.05) is 19.3 Å². The van der Waals surface area contributed by atoms with Crippen LogP contribution in [-0.4, -0.2) is 37.2 Å². The van der Waals surface area contributed by atoms with Crippen molar-refractivity contribution < 1.29 is 28.6 Å². The summed E-state index contributed by atoms with van der Waals surface area (Å²) >= 11 is 0. The Morgan fingerprint density at radius 1 is 0.292 bits per heavy atom. The van der Waals surface area contributed by atoms with Gasteiger partial charge in [0.15, 0.2) is 6.10 Å². The number of hydrogen-bond donors (Lipinski definition) is 0. The summed E-state index contributed by atoms with van der Waals surface area (Å²) in [6, 6.07) is 0. The number of ether oxygens (including phenoxy) is 3. The van der Waals surface area contributed by atoms with E-state index in [1.165, 1.54) is 199 Å². The monoisotopic (exact) mass is 1010 g/mol. The van der Waals surface area contributed by atoms with Crippen LogP contribution in [0.2, 0.25) is 0 Å². The Bertz CT molecular complexity index is 1250. The molecule has 0 fully saturated rings. The molecule has 420 valence electrons. The van der Waals surface area contributed by atoms with Gasteiger partial charge in [-0.05, 0) is 77.0 Å². The van der Waals surface area contributed by atoms with E-state index in [2.05, 4.69) is 69.4 Å². The fraction of sp³-hybridized carbons (Fsp3) is 0.833. The molecule has 0 aromatic heterocycles. The average Bonchev–Trinajstić information content (AvgIpc) is 3.38. The van der Waals surface area contributed by atoms with E-state index in [-0.39, 0.29) is 31.1 Å². The summed E-state index contributed by atoms with van der Waals surface area (Å²) in [5, 5.41) is 0. The van der Waals surface area contributed by atoms with Crippen molar-refractivity contribution in [1.82, 2.24) is 0 Å². The van der Waals surface area contributed by atoms with E-state index in [4.69, 9.17) is 14.2 Å². The van der Waals surface area contributed by atoms with Crippen LogP contribution in [0.4, 0.5) is 0 Å². The highest BCUT2D eigenvalue weighted by atomic mass is 16.6. The quantitative estimate of drug-likeness (QED) is 0.0261. The molecular formula is C66H120O6. The number of carbonyl (C=O) groups excluding carboxylic acids is 3. The van der Waals surface area contributed by atoms with Crippen molar-refractivity contribution in [2.45, 2.75) is 341 Å². The first-order valence-electron chi connectivity index (χ1n) is 31.6. The Morgan fingerprint density at radius 3 is 0.861 bits per heavy atom. The van der Waals surface area contributed by atoms with Crippen LogP contribution in [0.5, 0.6) is 0 Å². The van der Waals surface area contributed by atoms with Crippen molar-refractivity contribution in [2.24, 2.45) is 0 Å². The molecule has 72 heavy (non-hydrogen) atoms. The van der Waals surface area contributed by atoms with Crippen LogP contribution in [0.3, 0.4) is 0 Å². The average molecular weight is 1010 g/mol. The lowest BCUT2D eigenvalue weighted by molar-refractivity contribution is -0.167. The summed E-state index contributed by atoms with van der Waals surface area (Å²) in [6.45, 7) is 6.57. The lowest BCUT2D eigenvalue weighted by atomic mass is 10.0. The summed E-state index contributed by atoms with van der Waals surface area (Å²) in [7, 11) is 0. The summed E-state index contributed by atoms with van der Waals surface area (Å²) in [4.78, 5) is 38.3. The molecule has 0 N–H and O–H groups in total. The molecule has 0 aliphatic carbocycles. The Kier molecular flexibility index (Phi) is 58.7. The molecule has 0 rings (SSSR count). The van der Waals surface area contributed by atoms with E-state index < -0.39 is 6.10 Å². The zero-order valence-corrected chi connectivity index (χ0v) is 48.2. The molecule has 0 aliphatic heterocycles. The number of rotatable bonds is 58. The minimum Gasteiger partial charge on any atom is -0.462 e. The highest BCUT2D eigenvalue weighted by Gasteiger charge is 2.19. The summed E-state index contributed by atoms with van der Waals surface area (Å²) in [5.41, 5.74) is 0. The molecule has 0 heterocycles. The number of unbranched alkanes of at least 4 members (excludes halogenated alkanes) is 39. The first-order valence-corrected chi connectivity index (χ1v) is 31.6. The van der Waals surface area contributed by atoms with Gasteiger partial charge in [0.1, 0.15) is 13.2 Å². The SMILES string of the molecule is CC/C=C\C/C=C\C/C=C\CCCCCCCC(=O)OCC(COC(=O)CCCCCCCCCCC/C=C\CCCCCCCCCC)OC(=O)CCCCCCCCCCCCCCCCCCCC. The van der Waals surface area contributed by atoms with Gasteiger partial charge in [-0.1, -0.05) is 288 Å². The van der Waals surface area contributed by atoms with Crippen molar-refractivity contribution in [1.29, 1.82) is 0 Å². The van der Waals surface area contributed by atoms with Crippen LogP contribution in [0.25, 0.3) is 0 Å². The third kappa shape index (κ3) is 58.3. The van der Waals surface area contributed by atoms with Gasteiger partial charge in [-0.2, -0.15) is 0 Å². The van der Waals surface area contributed by atoms with E-state index >= 15 is 0 Å². The van der Waals surface area contributed by atoms with Crippen molar-refractivity contribution in [3.05, 3.63) is 48.6 Å². The minimum absolute atomic E-state index is 0.0763. The zero-order valence-electron chi connectivity index (χ0n) is 48.2. The first-order chi connectivity index (χ1) is 35.5. The minimum atomic E-state index is -0.780. The molecule has 0 radical (unpaired) electrons. The Morgan fingerprint density at radius 2 is 0.542 bits per heavy atom. The summed E-state index contributed by atoms with van der Waals surface area (Å²) < 4.78 is 16.9. The highest BCUT2D eigenvalue weighted by Crippen LogP contribution is 2.17. The van der Waals surface area contributed by atoms with E-state index in [9.17, 15) is 14.4 Å². The van der Waals surface area contributed by atoms with Gasteiger partial charge < -0.3 is 14.2 Å². The lowest BCUT2D eigenvalue weighted by Crippen LogP contribution is -2.30. The molecule has 0 spiro atoms. The Labute approximate surface area is 448 Å². The van der Waals surface area contributed by atoms with Crippen LogP contribution in [0.15, 0.2) is 48.6 Å². The Hall–Kier alpha value is -2.63. The molecule has 0 amide bonds. The van der Waals surface area contributed by atoms with Crippen LogP contribution in [-0.2, 0) is 28.6 Å². The summed E-state index contributed by atoms with van der Waals surface area (Å²) in [5.74, 6) is -0.875. The molecule has 0 aromatic rings. The summed E-state index contributed by atoms with van der Waals surface area (Å²) in [6.07, 6.45) is 75.4. The molecule has 1 atom stereocenters. The van der Waals surface area contributed by atoms with E-state index in [0.29, 0.717) is 19.3 Å². The van der Waals surface area contributed by atoms with Gasteiger partial charge in [0.05, 0.1) is 0 Å². The van der Waals surface area contributed by atoms with Crippen LogP contribution >= 0.6 is 0 Å². The first kappa shape index (κ1) is 69.4. The molecule has 0 bridgehead atoms. The van der Waals surface area contributed by atoms with Crippen molar-refractivity contribution >= 4 is 17.9 Å². The molecule has 6 nitrogen and oxygen atoms in total. The van der Waals surface area contributed by atoms with Gasteiger partial charge in [-0.15, -0.1) is 0 Å². The third-order valence-corrected chi connectivity index (χ3v) is 14.1. The largest absolute Gasteiger partial charge is 0.462 e. The van der Waals surface area contributed by atoms with Crippen LogP contribution < -0.4 is 0 Å². The highest BCUT2D eigenvalue weighted by molar-refractivity contribution is 5.71. The van der Waals surface area contributed by atoms with Crippen molar-refractivity contribution in [3.8, 4) is 0 Å². The van der Waals surface area contributed by atoms with Gasteiger partial charge in [-0.25, -0.2) is 0 Å². The lowest BCUT2D eigenvalue weighted by Gasteiger charge is -2.18. The number of carbonyl (C=O) groups is 3. The molecule has 1 unspecified atom stereocenters. The Balaban J connectivity index is 4.33. The second-order valence-corrected chi connectivity index (χ2v) is 21.3. The third-order valence-electron chi connectivity index (χ3n) is 14.1. The van der Waals surface area contributed by atoms with Gasteiger partial charge in [0.25, 0.3) is 0 Å². The topological polar surface area (TPSA) is 78.9 Å². The fourth-order valence-electron chi connectivity index (χ4n) is 9.34. The number of allylic oxidation sites excluding steroid dienone is 8. The number of esters is 3. The standard InChI is InChI=1S/C66H120O6/c1-4-7-10-13-16-19-22-25-28-30-32-33-34-36-38-41-44-47-50-53-56-59-65(68)71-62-63(61-70-64(67)58-55-52-49-46-43-40-37-27-24-21-18-15-12-9-6-3)72-66(69)60-57-54-51-48-45-42-39-35-31-29-26-23-20-17-14-11-8-5-2/h9,12,18,21,27,30,32,37,63H,4-8,10-11,13-17,19-20,22-26,28-29,31,33-36,38-62H2,1-3H3/b12-9-,21-18-,32-30-,37-27-. The maximum absolute atomic E-state index is 12.9. The molecule has 6 heteroatoms. The smallest absolute Gasteiger partial charge is 0.306 e. The predicted molar refractivity (Wildman–Crippen MR) is 312 cm³/mol. The van der Waals surface area contributed by atoms with Crippen molar-refractivity contribution in [3.63, 3.8) is 0 Å². The van der Waals surface area contributed by atoms with Crippen LogP contribution in [0.1, 0.15) is 335 Å². The van der Waals surface area contributed by atoms with Gasteiger partial charge >= 0.3 is 17.9 Å². The molecule has 0 aliphatic rings. The van der Waals surface area contributed by atoms with Gasteiger partial charge in [-0.3, -0.25) is 14.4 Å². The van der Waals surface area contributed by atoms with Gasteiger partial charge in [0.2, 0.25) is 0 Å². The fourth-order valence-corrected chi connectivity index (χ4v) is 9.34. The molecule has 0 saturated carbocycles. The van der Waals surface area contributed by atoms with E-state index in [1.54, 1.807) is 0 Å². The number of hydrogen-bond acceptors (Lipinski definition) is 6. The maximum atomic E-state index is 12.9. The normalized spacial score (nSPS) is 12.3. The second-order valence-electron chi connectivity index (χ2n) is 21.3. The predicted octanol–water partition coefficient (Wildman–Crippen LogP) is 21.4. The molecule has 0 aromatic carbocycles. The van der Waals surface area contributed by atoms with E-state index in [1.807, 2.05) is 0 Å².